The van der Waals surface area contributed by atoms with Crippen LogP contribution in [0.3, 0.4) is 0 Å². The van der Waals surface area contributed by atoms with Crippen molar-refractivity contribution >= 4 is 31.8 Å². The first kappa shape index (κ1) is 18.0. The highest BCUT2D eigenvalue weighted by atomic mass is 32.1. The Morgan fingerprint density at radius 1 is 1.39 bits per heavy atom. The summed E-state index contributed by atoms with van der Waals surface area (Å²) in [6, 6.07) is 2.10. The summed E-state index contributed by atoms with van der Waals surface area (Å²) in [5.41, 5.74) is 3.69. The molecule has 146 valence electrons. The lowest BCUT2D eigenvalue weighted by atomic mass is 9.95. The lowest BCUT2D eigenvalue weighted by molar-refractivity contribution is -0.0411. The van der Waals surface area contributed by atoms with Gasteiger partial charge in [0.25, 0.3) is 5.56 Å². The summed E-state index contributed by atoms with van der Waals surface area (Å²) in [4.78, 5) is 23.8. The van der Waals surface area contributed by atoms with Crippen LogP contribution in [0.4, 0.5) is 0 Å². The second kappa shape index (κ2) is 6.20. The normalized spacial score (nSPS) is 21.5. The first-order chi connectivity index (χ1) is 13.3. The van der Waals surface area contributed by atoms with Gasteiger partial charge in [0, 0.05) is 17.4 Å². The van der Waals surface area contributed by atoms with Gasteiger partial charge in [-0.25, -0.2) is 9.97 Å². The summed E-state index contributed by atoms with van der Waals surface area (Å²) >= 11 is 1.43. The highest BCUT2D eigenvalue weighted by molar-refractivity contribution is 7.25. The first-order valence-electron chi connectivity index (χ1n) is 9.58. The smallest absolute Gasteiger partial charge is 0.271 e. The molecule has 0 bridgehead atoms. The van der Waals surface area contributed by atoms with Gasteiger partial charge in [-0.15, -0.1) is 11.3 Å². The molecular weight excluding hydrogens is 374 g/mol. The number of nitrogens with zero attached hydrogens (tertiary/aromatic N) is 3. The van der Waals surface area contributed by atoms with E-state index in [2.05, 4.69) is 26.5 Å². The van der Waals surface area contributed by atoms with Gasteiger partial charge in [0.1, 0.15) is 15.4 Å². The average Bonchev–Trinajstić information content (AvgIpc) is 3.19. The zero-order chi connectivity index (χ0) is 19.6. The van der Waals surface area contributed by atoms with Gasteiger partial charge in [-0.2, -0.15) is 0 Å². The van der Waals surface area contributed by atoms with Gasteiger partial charge in [0.2, 0.25) is 0 Å². The third-order valence-corrected chi connectivity index (χ3v) is 6.76. The Morgan fingerprint density at radius 3 is 2.96 bits per heavy atom. The summed E-state index contributed by atoms with van der Waals surface area (Å²) in [6.45, 7) is 11.8. The van der Waals surface area contributed by atoms with E-state index in [-0.39, 0.29) is 17.3 Å². The number of ether oxygens (including phenoxy) is 2. The topological polar surface area (TPSA) is 66.2 Å². The van der Waals surface area contributed by atoms with Crippen LogP contribution in [0.15, 0.2) is 23.0 Å². The summed E-state index contributed by atoms with van der Waals surface area (Å²) in [5.74, 6) is 0.690. The Bertz CT molecular complexity index is 1190. The van der Waals surface area contributed by atoms with Crippen molar-refractivity contribution in [1.82, 2.24) is 14.5 Å². The summed E-state index contributed by atoms with van der Waals surface area (Å²) in [6.07, 6.45) is 1.50. The third-order valence-electron chi connectivity index (χ3n) is 5.69. The Labute approximate surface area is 166 Å². The van der Waals surface area contributed by atoms with Crippen molar-refractivity contribution in [2.75, 3.05) is 6.61 Å². The van der Waals surface area contributed by atoms with E-state index in [9.17, 15) is 4.79 Å². The zero-order valence-corrected chi connectivity index (χ0v) is 17.2. The number of fused-ring (bicyclic) bond motifs is 4. The maximum Gasteiger partial charge on any atom is 0.271 e. The second-order valence-electron chi connectivity index (χ2n) is 8.29. The van der Waals surface area contributed by atoms with Crippen LogP contribution in [0.25, 0.3) is 20.4 Å². The number of pyridine rings is 1. The van der Waals surface area contributed by atoms with Crippen LogP contribution in [-0.4, -0.2) is 32.8 Å². The molecule has 0 N–H and O–H groups in total. The molecule has 6 nitrogen and oxygen atoms in total. The predicted octanol–water partition coefficient (Wildman–Crippen LogP) is 3.51. The molecule has 28 heavy (non-hydrogen) atoms. The molecule has 1 fully saturated rings. The molecule has 0 aliphatic carbocycles. The second-order valence-corrected chi connectivity index (χ2v) is 9.29. The quantitative estimate of drug-likeness (QED) is 0.619. The molecule has 5 rings (SSSR count). The molecule has 1 atom stereocenters. The molecule has 0 saturated carbocycles. The van der Waals surface area contributed by atoms with Crippen molar-refractivity contribution in [1.29, 1.82) is 0 Å². The molecule has 0 aromatic carbocycles. The van der Waals surface area contributed by atoms with E-state index >= 15 is 0 Å². The van der Waals surface area contributed by atoms with Crippen molar-refractivity contribution in [3.05, 3.63) is 45.7 Å². The SMILES string of the molecule is C=C1CCOC1Cn1c(C)nc2c(sc3nc4c(cc32)COC(C)(C)C4)c1=O. The maximum absolute atomic E-state index is 13.2. The molecule has 3 aromatic heterocycles. The van der Waals surface area contributed by atoms with E-state index in [0.29, 0.717) is 30.3 Å². The van der Waals surface area contributed by atoms with Crippen molar-refractivity contribution in [3.63, 3.8) is 0 Å². The van der Waals surface area contributed by atoms with Crippen LogP contribution in [0.1, 0.15) is 37.4 Å². The maximum atomic E-state index is 13.2. The molecule has 0 spiro atoms. The predicted molar refractivity (Wildman–Crippen MR) is 110 cm³/mol. The number of rotatable bonds is 2. The van der Waals surface area contributed by atoms with E-state index in [1.165, 1.54) is 11.3 Å². The van der Waals surface area contributed by atoms with Gasteiger partial charge in [-0.1, -0.05) is 6.58 Å². The highest BCUT2D eigenvalue weighted by Gasteiger charge is 2.29. The number of hydrogen-bond donors (Lipinski definition) is 0. The van der Waals surface area contributed by atoms with Gasteiger partial charge in [0.05, 0.1) is 42.7 Å². The largest absolute Gasteiger partial charge is 0.372 e. The van der Waals surface area contributed by atoms with Gasteiger partial charge in [-0.05, 0) is 38.8 Å². The summed E-state index contributed by atoms with van der Waals surface area (Å²) in [5, 5.41) is 0.941. The fraction of sp³-hybridized carbons (Fsp3) is 0.476. The van der Waals surface area contributed by atoms with E-state index in [1.54, 1.807) is 4.57 Å². The summed E-state index contributed by atoms with van der Waals surface area (Å²) in [7, 11) is 0. The molecule has 7 heteroatoms. The number of aromatic nitrogens is 3. The third kappa shape index (κ3) is 2.80. The molecule has 2 aliphatic heterocycles. The average molecular weight is 398 g/mol. The van der Waals surface area contributed by atoms with E-state index < -0.39 is 0 Å². The van der Waals surface area contributed by atoms with Crippen LogP contribution < -0.4 is 5.56 Å². The fourth-order valence-electron chi connectivity index (χ4n) is 4.02. The van der Waals surface area contributed by atoms with Crippen LogP contribution >= 0.6 is 11.3 Å². The standard InChI is InChI=1S/C21H23N3O3S/c1-11-5-6-26-16(11)9-24-12(2)22-17-14-7-13-10-27-21(3,4)8-15(13)23-19(14)28-18(17)20(24)25/h7,16H,1,5-6,8-10H2,2-4H3. The molecule has 0 radical (unpaired) electrons. The molecule has 3 aromatic rings. The minimum atomic E-state index is -0.213. The number of aryl methyl sites for hydroxylation is 1. The number of thiophene rings is 1. The molecular formula is C21H23N3O3S. The molecule has 2 aliphatic rings. The van der Waals surface area contributed by atoms with Crippen molar-refractivity contribution in [2.45, 2.75) is 58.5 Å². The zero-order valence-electron chi connectivity index (χ0n) is 16.4. The molecule has 1 saturated heterocycles. The van der Waals surface area contributed by atoms with Gasteiger partial charge in [0.15, 0.2) is 0 Å². The van der Waals surface area contributed by atoms with Crippen LogP contribution in [0.2, 0.25) is 0 Å². The number of hydrogen-bond acceptors (Lipinski definition) is 6. The fourth-order valence-corrected chi connectivity index (χ4v) is 5.08. The highest BCUT2D eigenvalue weighted by Crippen LogP contribution is 2.35. The van der Waals surface area contributed by atoms with Gasteiger partial charge in [-0.3, -0.25) is 9.36 Å². The van der Waals surface area contributed by atoms with Crippen molar-refractivity contribution in [3.8, 4) is 0 Å². The first-order valence-corrected chi connectivity index (χ1v) is 10.4. The summed E-state index contributed by atoms with van der Waals surface area (Å²) < 4.78 is 14.0. The van der Waals surface area contributed by atoms with E-state index in [1.807, 2.05) is 6.92 Å². The van der Waals surface area contributed by atoms with Crippen LogP contribution in [0, 0.1) is 6.92 Å². The Morgan fingerprint density at radius 2 is 2.21 bits per heavy atom. The van der Waals surface area contributed by atoms with Gasteiger partial charge < -0.3 is 9.47 Å². The lowest BCUT2D eigenvalue weighted by Gasteiger charge is -2.30. The minimum Gasteiger partial charge on any atom is -0.372 e. The van der Waals surface area contributed by atoms with Gasteiger partial charge >= 0.3 is 0 Å². The Hall–Kier alpha value is -2.09. The Balaban J connectivity index is 1.66. The van der Waals surface area contributed by atoms with Crippen LogP contribution in [-0.2, 0) is 29.0 Å². The van der Waals surface area contributed by atoms with E-state index in [4.69, 9.17) is 19.4 Å². The molecule has 5 heterocycles. The molecule has 1 unspecified atom stereocenters. The van der Waals surface area contributed by atoms with Crippen molar-refractivity contribution in [2.24, 2.45) is 0 Å². The van der Waals surface area contributed by atoms with Crippen LogP contribution in [0.5, 0.6) is 0 Å². The minimum absolute atomic E-state index is 0.0247. The van der Waals surface area contributed by atoms with E-state index in [0.717, 1.165) is 45.4 Å². The molecule has 0 amide bonds. The van der Waals surface area contributed by atoms with Crippen molar-refractivity contribution < 1.29 is 9.47 Å². The monoisotopic (exact) mass is 397 g/mol. The lowest BCUT2D eigenvalue weighted by Crippen LogP contribution is -2.32. The Kier molecular flexibility index (Phi) is 3.98.